The zero-order chi connectivity index (χ0) is 16.4. The molecule has 1 saturated heterocycles. The first-order chi connectivity index (χ1) is 11.1. The number of carbonyl (C=O) groups is 1. The maximum absolute atomic E-state index is 12.0. The van der Waals surface area contributed by atoms with Crippen molar-refractivity contribution in [1.29, 1.82) is 5.26 Å². The molecule has 2 unspecified atom stereocenters. The predicted octanol–water partition coefficient (Wildman–Crippen LogP) is 0.825. The first-order valence-electron chi connectivity index (χ1n) is 7.71. The van der Waals surface area contributed by atoms with Crippen LogP contribution in [0, 0.1) is 17.2 Å². The van der Waals surface area contributed by atoms with Crippen molar-refractivity contribution in [1.82, 2.24) is 14.9 Å². The van der Waals surface area contributed by atoms with Crippen LogP contribution >= 0.6 is 0 Å². The van der Waals surface area contributed by atoms with Gasteiger partial charge in [-0.3, -0.25) is 4.79 Å². The number of nitrogens with zero attached hydrogens (tertiary/aromatic N) is 5. The minimum atomic E-state index is -0.108. The van der Waals surface area contributed by atoms with Gasteiger partial charge in [-0.05, 0) is 12.3 Å². The number of nitrogens with one attached hydrogen (secondary N) is 1. The van der Waals surface area contributed by atoms with Gasteiger partial charge in [-0.2, -0.15) is 5.26 Å². The Hall–Kier alpha value is -2.56. The molecule has 8 heteroatoms. The average Bonchev–Trinajstić information content (AvgIpc) is 3.03. The van der Waals surface area contributed by atoms with Gasteiger partial charge in [0.05, 0.1) is 12.1 Å². The molecule has 122 valence electrons. The van der Waals surface area contributed by atoms with Gasteiger partial charge in [-0.1, -0.05) is 6.92 Å². The molecule has 1 aromatic rings. The molecule has 8 nitrogen and oxygen atoms in total. The van der Waals surface area contributed by atoms with E-state index in [1.165, 1.54) is 6.33 Å². The maximum Gasteiger partial charge on any atom is 0.236 e. The van der Waals surface area contributed by atoms with Gasteiger partial charge < -0.3 is 19.9 Å². The lowest BCUT2D eigenvalue weighted by molar-refractivity contribution is -0.131. The number of amides is 1. The van der Waals surface area contributed by atoms with E-state index in [4.69, 9.17) is 10.00 Å². The lowest BCUT2D eigenvalue weighted by Gasteiger charge is -2.42. The molecule has 0 aliphatic carbocycles. The van der Waals surface area contributed by atoms with Crippen molar-refractivity contribution in [2.24, 2.45) is 5.92 Å². The van der Waals surface area contributed by atoms with E-state index in [-0.39, 0.29) is 18.4 Å². The summed E-state index contributed by atoms with van der Waals surface area (Å²) in [7, 11) is 1.96. The molecule has 23 heavy (non-hydrogen) atoms. The van der Waals surface area contributed by atoms with Gasteiger partial charge in [0.1, 0.15) is 12.7 Å². The third-order valence-electron chi connectivity index (χ3n) is 4.57. The third kappa shape index (κ3) is 2.86. The molecule has 0 saturated carbocycles. The zero-order valence-electron chi connectivity index (χ0n) is 13.3. The molecule has 1 fully saturated rings. The van der Waals surface area contributed by atoms with Crippen LogP contribution in [0.4, 0.5) is 11.6 Å². The van der Waals surface area contributed by atoms with Crippen LogP contribution in [0.15, 0.2) is 6.33 Å². The molecule has 3 heterocycles. The standard InChI is InChI=1S/C15H20N6O2/c1-10-4-6-21(12(22)3-5-16)7-11(10)20(2)15-13-14(17-8-18-15)19-9-23-13/h8,10-11H,3-4,6-7,9H2,1-2H3,(H,17,18,19). The molecule has 0 radical (unpaired) electrons. The van der Waals surface area contributed by atoms with E-state index in [2.05, 4.69) is 27.1 Å². The molecule has 2 aliphatic rings. The Bertz CT molecular complexity index is 643. The predicted molar refractivity (Wildman–Crippen MR) is 83.9 cm³/mol. The number of piperidine rings is 1. The van der Waals surface area contributed by atoms with Crippen molar-refractivity contribution < 1.29 is 9.53 Å². The van der Waals surface area contributed by atoms with Crippen molar-refractivity contribution >= 4 is 17.5 Å². The Balaban J connectivity index is 1.80. The Morgan fingerprint density at radius 2 is 2.43 bits per heavy atom. The minimum Gasteiger partial charge on any atom is -0.465 e. The van der Waals surface area contributed by atoms with Crippen molar-refractivity contribution in [2.45, 2.75) is 25.8 Å². The molecule has 0 bridgehead atoms. The quantitative estimate of drug-likeness (QED) is 0.882. The third-order valence-corrected chi connectivity index (χ3v) is 4.57. The monoisotopic (exact) mass is 316 g/mol. The normalized spacial score (nSPS) is 22.6. The topological polar surface area (TPSA) is 94.4 Å². The average molecular weight is 316 g/mol. The highest BCUT2D eigenvalue weighted by Gasteiger charge is 2.34. The van der Waals surface area contributed by atoms with Crippen LogP contribution in [-0.2, 0) is 4.79 Å². The molecule has 1 amide bonds. The van der Waals surface area contributed by atoms with Gasteiger partial charge in [0.25, 0.3) is 0 Å². The fourth-order valence-electron chi connectivity index (χ4n) is 3.17. The Morgan fingerprint density at radius 1 is 1.61 bits per heavy atom. The van der Waals surface area contributed by atoms with E-state index in [0.717, 1.165) is 12.2 Å². The molecule has 0 spiro atoms. The van der Waals surface area contributed by atoms with E-state index in [9.17, 15) is 4.79 Å². The number of nitriles is 1. The number of likely N-dealkylation sites (N-methyl/N-ethyl adjacent to an activating group) is 1. The summed E-state index contributed by atoms with van der Waals surface area (Å²) in [6.07, 6.45) is 2.34. The first kappa shape index (κ1) is 15.3. The zero-order valence-corrected chi connectivity index (χ0v) is 13.3. The van der Waals surface area contributed by atoms with Crippen LogP contribution in [0.3, 0.4) is 0 Å². The summed E-state index contributed by atoms with van der Waals surface area (Å²) in [6, 6.07) is 2.05. The number of aromatic nitrogens is 2. The Kier molecular flexibility index (Phi) is 4.19. The number of hydrogen-bond acceptors (Lipinski definition) is 7. The number of rotatable bonds is 3. The first-order valence-corrected chi connectivity index (χ1v) is 7.71. The van der Waals surface area contributed by atoms with Crippen LogP contribution in [-0.4, -0.2) is 53.7 Å². The second kappa shape index (κ2) is 6.28. The Morgan fingerprint density at radius 3 is 3.22 bits per heavy atom. The van der Waals surface area contributed by atoms with Crippen molar-refractivity contribution in [2.75, 3.05) is 37.1 Å². The van der Waals surface area contributed by atoms with Crippen LogP contribution in [0.25, 0.3) is 0 Å². The summed E-state index contributed by atoms with van der Waals surface area (Å²) < 4.78 is 5.59. The summed E-state index contributed by atoms with van der Waals surface area (Å²) in [4.78, 5) is 24.4. The second-order valence-electron chi connectivity index (χ2n) is 5.96. The molecular formula is C15H20N6O2. The van der Waals surface area contributed by atoms with E-state index < -0.39 is 0 Å². The van der Waals surface area contributed by atoms with E-state index in [1.54, 1.807) is 4.90 Å². The summed E-state index contributed by atoms with van der Waals surface area (Å²) in [5.41, 5.74) is 0. The molecular weight excluding hydrogens is 296 g/mol. The fraction of sp³-hybridized carbons (Fsp3) is 0.600. The van der Waals surface area contributed by atoms with E-state index in [0.29, 0.717) is 37.3 Å². The summed E-state index contributed by atoms with van der Waals surface area (Å²) in [5.74, 6) is 2.38. The van der Waals surface area contributed by atoms with E-state index >= 15 is 0 Å². The largest absolute Gasteiger partial charge is 0.465 e. The van der Waals surface area contributed by atoms with Crippen LogP contribution < -0.4 is 15.0 Å². The maximum atomic E-state index is 12.0. The highest BCUT2D eigenvalue weighted by molar-refractivity contribution is 5.78. The number of ether oxygens (including phenoxy) is 1. The molecule has 1 N–H and O–H groups in total. The van der Waals surface area contributed by atoms with E-state index in [1.807, 2.05) is 13.1 Å². The summed E-state index contributed by atoms with van der Waals surface area (Å²) >= 11 is 0. The van der Waals surface area contributed by atoms with Crippen LogP contribution in [0.2, 0.25) is 0 Å². The van der Waals surface area contributed by atoms with Crippen molar-refractivity contribution in [3.8, 4) is 11.8 Å². The molecule has 2 atom stereocenters. The van der Waals surface area contributed by atoms with Gasteiger partial charge >= 0.3 is 0 Å². The number of likely N-dealkylation sites (tertiary alicyclic amines) is 1. The number of carbonyl (C=O) groups excluding carboxylic acids is 1. The molecule has 3 rings (SSSR count). The number of anilines is 2. The lowest BCUT2D eigenvalue weighted by atomic mass is 9.92. The van der Waals surface area contributed by atoms with Crippen LogP contribution in [0.1, 0.15) is 19.8 Å². The highest BCUT2D eigenvalue weighted by Crippen LogP contribution is 2.37. The fourth-order valence-corrected chi connectivity index (χ4v) is 3.17. The van der Waals surface area contributed by atoms with Gasteiger partial charge in [0.2, 0.25) is 11.7 Å². The number of fused-ring (bicyclic) bond motifs is 1. The number of hydrogen-bond donors (Lipinski definition) is 1. The summed E-state index contributed by atoms with van der Waals surface area (Å²) in [6.45, 7) is 3.85. The van der Waals surface area contributed by atoms with Gasteiger partial charge in [-0.25, -0.2) is 9.97 Å². The van der Waals surface area contributed by atoms with Gasteiger partial charge in [-0.15, -0.1) is 0 Å². The molecule has 1 aromatic heterocycles. The Labute approximate surface area is 135 Å². The molecule has 2 aliphatic heterocycles. The second-order valence-corrected chi connectivity index (χ2v) is 5.96. The lowest BCUT2D eigenvalue weighted by Crippen LogP contribution is -2.52. The highest BCUT2D eigenvalue weighted by atomic mass is 16.5. The minimum absolute atomic E-state index is 0.0687. The van der Waals surface area contributed by atoms with Crippen LogP contribution in [0.5, 0.6) is 5.75 Å². The van der Waals surface area contributed by atoms with Crippen molar-refractivity contribution in [3.05, 3.63) is 6.33 Å². The van der Waals surface area contributed by atoms with Gasteiger partial charge in [0, 0.05) is 20.1 Å². The van der Waals surface area contributed by atoms with Gasteiger partial charge in [0.15, 0.2) is 18.4 Å². The summed E-state index contributed by atoms with van der Waals surface area (Å²) in [5, 5.41) is 11.8. The SMILES string of the molecule is CC1CCN(C(=O)CC#N)CC1N(C)c1ncnc2c1OCN2. The smallest absolute Gasteiger partial charge is 0.236 e. The molecule has 0 aromatic carbocycles. The van der Waals surface area contributed by atoms with Crippen molar-refractivity contribution in [3.63, 3.8) is 0 Å².